The Morgan fingerprint density at radius 3 is 3.05 bits per heavy atom. The topological polar surface area (TPSA) is 35.0 Å². The monoisotopic (exact) mass is 296 g/mol. The van der Waals surface area contributed by atoms with E-state index in [0.717, 1.165) is 41.9 Å². The molecule has 0 aromatic carbocycles. The van der Waals surface area contributed by atoms with Gasteiger partial charge in [0.25, 0.3) is 0 Å². The van der Waals surface area contributed by atoms with Gasteiger partial charge in [-0.25, -0.2) is 9.97 Å². The van der Waals surface area contributed by atoms with Gasteiger partial charge >= 0.3 is 0 Å². The normalized spacial score (nSPS) is 20.0. The van der Waals surface area contributed by atoms with Gasteiger partial charge in [0.1, 0.15) is 15.8 Å². The summed E-state index contributed by atoms with van der Waals surface area (Å²) in [5, 5.41) is 1.56. The van der Waals surface area contributed by atoms with Crippen molar-refractivity contribution in [2.24, 2.45) is 0 Å². The van der Waals surface area contributed by atoms with Crippen LogP contribution >= 0.6 is 22.9 Å². The van der Waals surface area contributed by atoms with Gasteiger partial charge in [-0.3, -0.25) is 0 Å². The molecule has 1 aliphatic heterocycles. The van der Waals surface area contributed by atoms with Gasteiger partial charge in [-0.05, 0) is 31.7 Å². The Bertz CT molecular complexity index is 578. The molecule has 3 nitrogen and oxygen atoms in total. The van der Waals surface area contributed by atoms with Crippen molar-refractivity contribution >= 4 is 33.2 Å². The minimum absolute atomic E-state index is 0.257. The van der Waals surface area contributed by atoms with Crippen LogP contribution in [-0.4, -0.2) is 22.7 Å². The lowest BCUT2D eigenvalue weighted by Gasteiger charge is -2.21. The Balaban J connectivity index is 1.87. The predicted octanol–water partition coefficient (Wildman–Crippen LogP) is 4.02. The van der Waals surface area contributed by atoms with E-state index in [4.69, 9.17) is 16.3 Å². The second-order valence-electron chi connectivity index (χ2n) is 4.91. The molecule has 1 saturated heterocycles. The summed E-state index contributed by atoms with van der Waals surface area (Å²) in [4.78, 5) is 11.4. The van der Waals surface area contributed by atoms with E-state index in [2.05, 4.69) is 23.0 Å². The maximum atomic E-state index is 6.26. The minimum atomic E-state index is 0.257. The van der Waals surface area contributed by atoms with Crippen molar-refractivity contribution in [1.82, 2.24) is 9.97 Å². The van der Waals surface area contributed by atoms with Gasteiger partial charge in [0.05, 0.1) is 6.10 Å². The van der Waals surface area contributed by atoms with E-state index in [1.165, 1.54) is 17.7 Å². The van der Waals surface area contributed by atoms with Crippen LogP contribution < -0.4 is 0 Å². The Labute approximate surface area is 122 Å². The highest BCUT2D eigenvalue weighted by molar-refractivity contribution is 7.18. The fourth-order valence-corrected chi connectivity index (χ4v) is 3.70. The molecule has 0 spiro atoms. The van der Waals surface area contributed by atoms with E-state index < -0.39 is 0 Å². The lowest BCUT2D eigenvalue weighted by Crippen LogP contribution is -2.22. The van der Waals surface area contributed by atoms with Gasteiger partial charge in [-0.15, -0.1) is 11.3 Å². The van der Waals surface area contributed by atoms with Crippen LogP contribution in [0.4, 0.5) is 0 Å². The van der Waals surface area contributed by atoms with E-state index in [1.54, 1.807) is 11.3 Å². The first-order valence-corrected chi connectivity index (χ1v) is 8.02. The molecule has 1 fully saturated rings. The van der Waals surface area contributed by atoms with Crippen LogP contribution in [-0.2, 0) is 17.6 Å². The van der Waals surface area contributed by atoms with Gasteiger partial charge in [0.15, 0.2) is 0 Å². The average molecular weight is 297 g/mol. The molecule has 102 valence electrons. The first kappa shape index (κ1) is 13.3. The molecular formula is C14H17ClN2OS. The third-order valence-corrected chi connectivity index (χ3v) is 4.94. The van der Waals surface area contributed by atoms with Crippen molar-refractivity contribution in [2.45, 2.75) is 45.1 Å². The Morgan fingerprint density at radius 2 is 2.32 bits per heavy atom. The number of hydrogen-bond donors (Lipinski definition) is 0. The number of nitrogens with zero attached hydrogens (tertiary/aromatic N) is 2. The minimum Gasteiger partial charge on any atom is -0.378 e. The summed E-state index contributed by atoms with van der Waals surface area (Å²) in [5.74, 6) is 0.814. The molecule has 2 aromatic rings. The fraction of sp³-hybridized carbons (Fsp3) is 0.571. The molecule has 3 rings (SSSR count). The Hall–Kier alpha value is -0.710. The van der Waals surface area contributed by atoms with E-state index in [1.807, 2.05) is 0 Å². The maximum absolute atomic E-state index is 6.26. The van der Waals surface area contributed by atoms with Crippen LogP contribution in [0.5, 0.6) is 0 Å². The highest BCUT2D eigenvalue weighted by atomic mass is 35.5. The third-order valence-electron chi connectivity index (χ3n) is 3.48. The number of fused-ring (bicyclic) bond motifs is 1. The molecule has 2 aromatic heterocycles. The summed E-state index contributed by atoms with van der Waals surface area (Å²) < 4.78 is 5.74. The number of rotatable bonds is 3. The maximum Gasteiger partial charge on any atom is 0.141 e. The SMILES string of the molecule is CCc1cc2c(Cl)nc(CC3CCCCO3)nc2s1. The van der Waals surface area contributed by atoms with Crippen molar-refractivity contribution in [2.75, 3.05) is 6.61 Å². The summed E-state index contributed by atoms with van der Waals surface area (Å²) in [6, 6.07) is 2.10. The first-order valence-electron chi connectivity index (χ1n) is 6.82. The van der Waals surface area contributed by atoms with Crippen LogP contribution in [0.1, 0.15) is 36.9 Å². The highest BCUT2D eigenvalue weighted by Crippen LogP contribution is 2.29. The second-order valence-corrected chi connectivity index (χ2v) is 6.38. The van der Waals surface area contributed by atoms with Gasteiger partial charge in [-0.1, -0.05) is 18.5 Å². The van der Waals surface area contributed by atoms with E-state index in [9.17, 15) is 0 Å². The highest BCUT2D eigenvalue weighted by Gasteiger charge is 2.17. The Kier molecular flexibility index (Phi) is 4.01. The van der Waals surface area contributed by atoms with Crippen LogP contribution in [0.15, 0.2) is 6.07 Å². The molecule has 0 aliphatic carbocycles. The van der Waals surface area contributed by atoms with Crippen LogP contribution in [0.25, 0.3) is 10.2 Å². The zero-order valence-electron chi connectivity index (χ0n) is 11.0. The summed E-state index contributed by atoms with van der Waals surface area (Å²) in [6.45, 7) is 3.00. The van der Waals surface area contributed by atoms with E-state index in [-0.39, 0.29) is 6.10 Å². The van der Waals surface area contributed by atoms with Crippen molar-refractivity contribution in [3.63, 3.8) is 0 Å². The largest absolute Gasteiger partial charge is 0.378 e. The molecule has 1 aliphatic rings. The lowest BCUT2D eigenvalue weighted by molar-refractivity contribution is 0.0157. The smallest absolute Gasteiger partial charge is 0.141 e. The predicted molar refractivity (Wildman–Crippen MR) is 79.1 cm³/mol. The van der Waals surface area contributed by atoms with Gasteiger partial charge < -0.3 is 4.74 Å². The standard InChI is InChI=1S/C14H17ClN2OS/c1-2-10-8-11-13(15)16-12(17-14(11)19-10)7-9-5-3-4-6-18-9/h8-9H,2-7H2,1H3. The molecule has 1 unspecified atom stereocenters. The van der Waals surface area contributed by atoms with Crippen LogP contribution in [0, 0.1) is 0 Å². The molecule has 0 radical (unpaired) electrons. The van der Waals surface area contributed by atoms with E-state index >= 15 is 0 Å². The molecule has 0 bridgehead atoms. The van der Waals surface area contributed by atoms with Gasteiger partial charge in [-0.2, -0.15) is 0 Å². The Morgan fingerprint density at radius 1 is 1.42 bits per heavy atom. The third kappa shape index (κ3) is 2.91. The number of aryl methyl sites for hydroxylation is 1. The van der Waals surface area contributed by atoms with E-state index in [0.29, 0.717) is 5.15 Å². The van der Waals surface area contributed by atoms with Crippen LogP contribution in [0.3, 0.4) is 0 Å². The van der Waals surface area contributed by atoms with Crippen molar-refractivity contribution < 1.29 is 4.74 Å². The summed E-state index contributed by atoms with van der Waals surface area (Å²) in [5.41, 5.74) is 0. The molecule has 0 amide bonds. The molecule has 3 heterocycles. The van der Waals surface area contributed by atoms with Crippen molar-refractivity contribution in [3.05, 3.63) is 21.9 Å². The molecule has 5 heteroatoms. The summed E-state index contributed by atoms with van der Waals surface area (Å²) in [7, 11) is 0. The quantitative estimate of drug-likeness (QED) is 0.803. The fourth-order valence-electron chi connectivity index (χ4n) is 2.42. The molecule has 1 atom stereocenters. The molecule has 0 saturated carbocycles. The summed E-state index contributed by atoms with van der Waals surface area (Å²) in [6.07, 6.45) is 5.55. The number of aromatic nitrogens is 2. The molecule has 0 N–H and O–H groups in total. The number of hydrogen-bond acceptors (Lipinski definition) is 4. The zero-order valence-corrected chi connectivity index (χ0v) is 12.6. The average Bonchev–Trinajstić information content (AvgIpc) is 2.83. The molecular weight excluding hydrogens is 280 g/mol. The zero-order chi connectivity index (χ0) is 13.2. The number of halogens is 1. The van der Waals surface area contributed by atoms with Gasteiger partial charge in [0.2, 0.25) is 0 Å². The molecule has 19 heavy (non-hydrogen) atoms. The van der Waals surface area contributed by atoms with Crippen LogP contribution in [0.2, 0.25) is 5.15 Å². The lowest BCUT2D eigenvalue weighted by atomic mass is 10.1. The summed E-state index contributed by atoms with van der Waals surface area (Å²) >= 11 is 7.98. The van der Waals surface area contributed by atoms with Crippen molar-refractivity contribution in [1.29, 1.82) is 0 Å². The van der Waals surface area contributed by atoms with Gasteiger partial charge in [0, 0.05) is 23.3 Å². The van der Waals surface area contributed by atoms with Crippen molar-refractivity contribution in [3.8, 4) is 0 Å². The number of thiophene rings is 1. The first-order chi connectivity index (χ1) is 9.26. The number of ether oxygens (including phenoxy) is 1. The second kappa shape index (κ2) is 5.73.